The van der Waals surface area contributed by atoms with Crippen LogP contribution in [0.1, 0.15) is 44.0 Å². The Morgan fingerprint density at radius 1 is 1.23 bits per heavy atom. The maximum Gasteiger partial charge on any atom is 0.420 e. The van der Waals surface area contributed by atoms with Crippen molar-refractivity contribution in [2.45, 2.75) is 51.2 Å². The van der Waals surface area contributed by atoms with Crippen LogP contribution in [0.4, 0.5) is 0 Å². The minimum absolute atomic E-state index is 0.0899. The lowest BCUT2D eigenvalue weighted by Gasteiger charge is -2.24. The second-order valence-corrected chi connectivity index (χ2v) is 6.64. The third-order valence-corrected chi connectivity index (χ3v) is 4.93. The summed E-state index contributed by atoms with van der Waals surface area (Å²) in [5.41, 5.74) is 1.08. The number of carbonyl (C=O) groups is 1. The third-order valence-electron chi connectivity index (χ3n) is 4.93. The Hall–Kier alpha value is -2.90. The van der Waals surface area contributed by atoms with Gasteiger partial charge in [-0.15, -0.1) is 10.2 Å². The van der Waals surface area contributed by atoms with Crippen LogP contribution in [0.15, 0.2) is 39.8 Å². The number of fused-ring (bicyclic) bond motifs is 1. The summed E-state index contributed by atoms with van der Waals surface area (Å²) < 4.78 is 8.55. The molecule has 1 aliphatic carbocycles. The highest BCUT2D eigenvalue weighted by Crippen LogP contribution is 2.28. The molecule has 0 spiro atoms. The van der Waals surface area contributed by atoms with Gasteiger partial charge in [0.15, 0.2) is 11.4 Å². The molecule has 1 fully saturated rings. The number of aromatic nitrogens is 4. The van der Waals surface area contributed by atoms with Crippen LogP contribution in [0.5, 0.6) is 0 Å². The molecule has 8 nitrogen and oxygen atoms in total. The van der Waals surface area contributed by atoms with E-state index < -0.39 is 5.76 Å². The molecule has 4 rings (SSSR count). The Balaban J connectivity index is 1.42. The van der Waals surface area contributed by atoms with Crippen LogP contribution >= 0.6 is 0 Å². The van der Waals surface area contributed by atoms with Gasteiger partial charge in [-0.05, 0) is 25.0 Å². The molecule has 0 aliphatic heterocycles. The van der Waals surface area contributed by atoms with Crippen molar-refractivity contribution in [2.24, 2.45) is 0 Å². The van der Waals surface area contributed by atoms with Crippen LogP contribution in [0.3, 0.4) is 0 Å². The summed E-state index contributed by atoms with van der Waals surface area (Å²) >= 11 is 0. The van der Waals surface area contributed by atoms with Crippen LogP contribution in [0.25, 0.3) is 11.1 Å². The maximum absolute atomic E-state index is 12.3. The Bertz CT molecular complexity index is 965. The monoisotopic (exact) mass is 355 g/mol. The standard InChI is InChI=1S/C18H21N5O3/c24-17(11-22-14-8-4-5-9-15(14)26-18(22)25)19-10-16-21-20-12-23(16)13-6-2-1-3-7-13/h4-5,8-9,12-13H,1-3,6-7,10-11H2,(H,19,24). The van der Waals surface area contributed by atoms with Crippen molar-refractivity contribution in [3.63, 3.8) is 0 Å². The van der Waals surface area contributed by atoms with Gasteiger partial charge in [-0.25, -0.2) is 4.79 Å². The van der Waals surface area contributed by atoms with Crippen LogP contribution in [0, 0.1) is 0 Å². The number of para-hydroxylation sites is 2. The van der Waals surface area contributed by atoms with Crippen LogP contribution in [-0.2, 0) is 17.9 Å². The number of rotatable bonds is 5. The number of nitrogens with zero attached hydrogens (tertiary/aromatic N) is 4. The van der Waals surface area contributed by atoms with Gasteiger partial charge < -0.3 is 14.3 Å². The van der Waals surface area contributed by atoms with E-state index in [-0.39, 0.29) is 12.5 Å². The summed E-state index contributed by atoms with van der Waals surface area (Å²) in [4.78, 5) is 24.3. The highest BCUT2D eigenvalue weighted by atomic mass is 16.4. The van der Waals surface area contributed by atoms with E-state index in [0.717, 1.165) is 18.7 Å². The van der Waals surface area contributed by atoms with E-state index in [4.69, 9.17) is 4.42 Å². The van der Waals surface area contributed by atoms with Gasteiger partial charge in [0.2, 0.25) is 5.91 Å². The van der Waals surface area contributed by atoms with Gasteiger partial charge in [0, 0.05) is 6.04 Å². The van der Waals surface area contributed by atoms with E-state index in [1.807, 2.05) is 0 Å². The summed E-state index contributed by atoms with van der Waals surface area (Å²) in [6, 6.07) is 7.46. The van der Waals surface area contributed by atoms with E-state index in [1.165, 1.54) is 23.8 Å². The minimum atomic E-state index is -0.535. The number of benzene rings is 1. The number of amides is 1. The molecule has 1 saturated carbocycles. The van der Waals surface area contributed by atoms with Gasteiger partial charge >= 0.3 is 5.76 Å². The van der Waals surface area contributed by atoms with Crippen molar-refractivity contribution in [3.8, 4) is 0 Å². The smallest absolute Gasteiger partial charge is 0.408 e. The molecule has 2 heterocycles. The molecule has 0 saturated heterocycles. The van der Waals surface area contributed by atoms with Crippen molar-refractivity contribution in [1.82, 2.24) is 24.6 Å². The van der Waals surface area contributed by atoms with Gasteiger partial charge in [-0.1, -0.05) is 31.4 Å². The SMILES string of the molecule is O=C(Cn1c(=O)oc2ccccc21)NCc1nncn1C1CCCCC1. The van der Waals surface area contributed by atoms with Gasteiger partial charge in [0.1, 0.15) is 12.9 Å². The Labute approximate surface area is 149 Å². The topological polar surface area (TPSA) is 94.9 Å². The van der Waals surface area contributed by atoms with Crippen molar-refractivity contribution < 1.29 is 9.21 Å². The molecule has 3 aromatic rings. The summed E-state index contributed by atoms with van der Waals surface area (Å²) in [7, 11) is 0. The normalized spacial score (nSPS) is 15.4. The van der Waals surface area contributed by atoms with E-state index in [1.54, 1.807) is 30.6 Å². The average molecular weight is 355 g/mol. The molecule has 26 heavy (non-hydrogen) atoms. The Kier molecular flexibility index (Phi) is 4.55. The molecule has 0 bridgehead atoms. The molecular weight excluding hydrogens is 334 g/mol. The fourth-order valence-electron chi connectivity index (χ4n) is 3.60. The number of hydrogen-bond acceptors (Lipinski definition) is 5. The number of oxazole rings is 1. The molecule has 1 amide bonds. The predicted octanol–water partition coefficient (Wildman–Crippen LogP) is 2.01. The first-order chi connectivity index (χ1) is 12.7. The zero-order chi connectivity index (χ0) is 17.9. The van der Waals surface area contributed by atoms with Crippen LogP contribution in [-0.4, -0.2) is 25.2 Å². The average Bonchev–Trinajstić information content (AvgIpc) is 3.25. The van der Waals surface area contributed by atoms with Gasteiger partial charge in [-0.3, -0.25) is 9.36 Å². The van der Waals surface area contributed by atoms with E-state index in [2.05, 4.69) is 20.1 Å². The van der Waals surface area contributed by atoms with Crippen molar-refractivity contribution >= 4 is 17.0 Å². The van der Waals surface area contributed by atoms with E-state index >= 15 is 0 Å². The van der Waals surface area contributed by atoms with Crippen LogP contribution < -0.4 is 11.1 Å². The first-order valence-electron chi connectivity index (χ1n) is 8.96. The lowest BCUT2D eigenvalue weighted by atomic mass is 9.95. The summed E-state index contributed by atoms with van der Waals surface area (Å²) in [6.07, 6.45) is 7.69. The molecule has 136 valence electrons. The molecular formula is C18H21N5O3. The quantitative estimate of drug-likeness (QED) is 0.755. The number of nitrogens with one attached hydrogen (secondary N) is 1. The van der Waals surface area contributed by atoms with Crippen molar-refractivity contribution in [1.29, 1.82) is 0 Å². The first-order valence-corrected chi connectivity index (χ1v) is 8.96. The van der Waals surface area contributed by atoms with E-state index in [0.29, 0.717) is 23.7 Å². The highest BCUT2D eigenvalue weighted by Gasteiger charge is 2.19. The molecule has 8 heteroatoms. The summed E-state index contributed by atoms with van der Waals surface area (Å²) in [6.45, 7) is 0.202. The third kappa shape index (κ3) is 3.26. The highest BCUT2D eigenvalue weighted by molar-refractivity contribution is 5.79. The van der Waals surface area contributed by atoms with Gasteiger partial charge in [0.05, 0.1) is 12.1 Å². The fraction of sp³-hybridized carbons (Fsp3) is 0.444. The summed E-state index contributed by atoms with van der Waals surface area (Å²) in [5, 5.41) is 11.0. The second-order valence-electron chi connectivity index (χ2n) is 6.64. The molecule has 0 unspecified atom stereocenters. The largest absolute Gasteiger partial charge is 0.420 e. The minimum Gasteiger partial charge on any atom is -0.408 e. The summed E-state index contributed by atoms with van der Waals surface area (Å²) in [5.74, 6) is -0.0572. The first kappa shape index (κ1) is 16.6. The zero-order valence-electron chi connectivity index (χ0n) is 14.4. The molecule has 0 atom stereocenters. The lowest BCUT2D eigenvalue weighted by molar-refractivity contribution is -0.121. The molecule has 1 aromatic carbocycles. The van der Waals surface area contributed by atoms with Crippen molar-refractivity contribution in [2.75, 3.05) is 0 Å². The lowest BCUT2D eigenvalue weighted by Crippen LogP contribution is -2.31. The number of carbonyl (C=O) groups excluding carboxylic acids is 1. The Morgan fingerprint density at radius 3 is 2.88 bits per heavy atom. The van der Waals surface area contributed by atoms with Gasteiger partial charge in [-0.2, -0.15) is 0 Å². The molecule has 2 aromatic heterocycles. The van der Waals surface area contributed by atoms with Crippen LogP contribution in [0.2, 0.25) is 0 Å². The van der Waals surface area contributed by atoms with E-state index in [9.17, 15) is 9.59 Å². The fourth-order valence-corrected chi connectivity index (χ4v) is 3.60. The van der Waals surface area contributed by atoms with Crippen molar-refractivity contribution in [3.05, 3.63) is 47.0 Å². The predicted molar refractivity (Wildman–Crippen MR) is 94.5 cm³/mol. The Morgan fingerprint density at radius 2 is 2.04 bits per heavy atom. The number of hydrogen-bond donors (Lipinski definition) is 1. The maximum atomic E-state index is 12.3. The zero-order valence-corrected chi connectivity index (χ0v) is 14.4. The van der Waals surface area contributed by atoms with Gasteiger partial charge in [0.25, 0.3) is 0 Å². The molecule has 1 aliphatic rings. The second kappa shape index (κ2) is 7.15. The molecule has 1 N–H and O–H groups in total. The molecule has 0 radical (unpaired) electrons.